The highest BCUT2D eigenvalue weighted by Crippen LogP contribution is 1.96. The third kappa shape index (κ3) is 1.26. The fourth-order valence-electron chi connectivity index (χ4n) is 0.883. The average Bonchev–Trinajstić information content (AvgIpc) is 2.20. The van der Waals surface area contributed by atoms with Crippen LogP contribution in [0.15, 0.2) is 0 Å². The minimum absolute atomic E-state index is 0.722. The number of nitrogens with zero attached hydrogens (tertiary/aromatic N) is 2. The summed E-state index contributed by atoms with van der Waals surface area (Å²) in [6, 6.07) is 0. The van der Waals surface area contributed by atoms with Gasteiger partial charge in [0.2, 0.25) is 0 Å². The topological polar surface area (TPSA) is 33.6 Å². The van der Waals surface area contributed by atoms with Crippen LogP contribution in [0.4, 0.5) is 0 Å². The lowest BCUT2D eigenvalue weighted by Crippen LogP contribution is -1.98. The summed E-state index contributed by atoms with van der Waals surface area (Å²) in [7, 11) is 0. The largest absolute Gasteiger partial charge is 0.304 e. The molecule has 56 valence electrons. The van der Waals surface area contributed by atoms with Crippen molar-refractivity contribution in [3.8, 4) is 0 Å². The number of aromatic amines is 1. The van der Waals surface area contributed by atoms with Gasteiger partial charge in [-0.3, -0.25) is 5.10 Å². The fourth-order valence-corrected chi connectivity index (χ4v) is 1.15. The van der Waals surface area contributed by atoms with Gasteiger partial charge >= 0.3 is 0 Å². The maximum Gasteiger partial charge on any atom is 0.195 e. The molecule has 0 amide bonds. The van der Waals surface area contributed by atoms with E-state index in [1.165, 1.54) is 0 Å². The van der Waals surface area contributed by atoms with Crippen molar-refractivity contribution >= 4 is 12.2 Å². The second kappa shape index (κ2) is 2.96. The molecule has 1 heterocycles. The monoisotopic (exact) mass is 157 g/mol. The zero-order valence-electron chi connectivity index (χ0n) is 6.22. The Labute approximate surface area is 65.1 Å². The number of aryl methyl sites for hydroxylation is 1. The molecule has 0 saturated carbocycles. The number of hydrogen-bond acceptors (Lipinski definition) is 2. The Bertz CT molecular complexity index is 260. The van der Waals surface area contributed by atoms with Gasteiger partial charge in [0.1, 0.15) is 5.82 Å². The molecule has 0 aromatic carbocycles. The van der Waals surface area contributed by atoms with E-state index in [9.17, 15) is 0 Å². The van der Waals surface area contributed by atoms with E-state index >= 15 is 0 Å². The number of H-pyrrole nitrogens is 1. The molecule has 0 aliphatic heterocycles. The molecule has 0 unspecified atom stereocenters. The third-order valence-electron chi connectivity index (χ3n) is 1.40. The van der Waals surface area contributed by atoms with Crippen LogP contribution in [0.5, 0.6) is 0 Å². The van der Waals surface area contributed by atoms with Crippen LogP contribution in [0.3, 0.4) is 0 Å². The first-order valence-electron chi connectivity index (χ1n) is 3.37. The van der Waals surface area contributed by atoms with Gasteiger partial charge < -0.3 is 4.57 Å². The molecule has 0 bridgehead atoms. The third-order valence-corrected chi connectivity index (χ3v) is 1.71. The van der Waals surface area contributed by atoms with Crippen LogP contribution in [0.25, 0.3) is 0 Å². The van der Waals surface area contributed by atoms with Crippen LogP contribution in [0.2, 0.25) is 0 Å². The van der Waals surface area contributed by atoms with Crippen molar-refractivity contribution in [3.05, 3.63) is 10.6 Å². The van der Waals surface area contributed by atoms with E-state index in [4.69, 9.17) is 12.2 Å². The lowest BCUT2D eigenvalue weighted by molar-refractivity contribution is 0.649. The molecule has 0 aliphatic rings. The molecule has 0 saturated heterocycles. The Kier molecular flexibility index (Phi) is 2.21. The summed E-state index contributed by atoms with van der Waals surface area (Å²) in [6.07, 6.45) is 1.09. The molecule has 1 N–H and O–H groups in total. The Morgan fingerprint density at radius 2 is 2.40 bits per heavy atom. The summed E-state index contributed by atoms with van der Waals surface area (Å²) < 4.78 is 2.72. The molecular weight excluding hydrogens is 146 g/mol. The Morgan fingerprint density at radius 1 is 1.70 bits per heavy atom. The van der Waals surface area contributed by atoms with E-state index in [1.807, 2.05) is 11.5 Å². The van der Waals surface area contributed by atoms with Gasteiger partial charge in [0.25, 0.3) is 0 Å². The molecule has 4 heteroatoms. The van der Waals surface area contributed by atoms with Crippen molar-refractivity contribution in [2.24, 2.45) is 0 Å². The van der Waals surface area contributed by atoms with Crippen molar-refractivity contribution in [2.75, 3.05) is 0 Å². The van der Waals surface area contributed by atoms with Gasteiger partial charge in [0, 0.05) is 6.54 Å². The molecule has 0 atom stereocenters. The predicted octanol–water partition coefficient (Wildman–Crippen LogP) is 1.66. The van der Waals surface area contributed by atoms with Gasteiger partial charge in [-0.2, -0.15) is 5.10 Å². The van der Waals surface area contributed by atoms with E-state index in [1.54, 1.807) is 0 Å². The summed E-state index contributed by atoms with van der Waals surface area (Å²) in [5.74, 6) is 0.965. The maximum absolute atomic E-state index is 4.98. The number of aromatic nitrogens is 3. The van der Waals surface area contributed by atoms with Crippen molar-refractivity contribution in [3.63, 3.8) is 0 Å². The summed E-state index contributed by atoms with van der Waals surface area (Å²) in [4.78, 5) is 0. The Morgan fingerprint density at radius 3 is 2.80 bits per heavy atom. The Hall–Kier alpha value is -0.640. The van der Waals surface area contributed by atoms with Crippen molar-refractivity contribution < 1.29 is 0 Å². The standard InChI is InChI=1S/C6H11N3S/c1-3-4-9-5(2)7-8-6(9)10/h3-4H2,1-2H3,(H,8,10). The molecule has 0 fully saturated rings. The van der Waals surface area contributed by atoms with Crippen LogP contribution >= 0.6 is 12.2 Å². The van der Waals surface area contributed by atoms with Gasteiger partial charge in [-0.05, 0) is 25.6 Å². The molecule has 1 aromatic heterocycles. The van der Waals surface area contributed by atoms with Crippen LogP contribution in [0.1, 0.15) is 19.2 Å². The van der Waals surface area contributed by atoms with E-state index in [-0.39, 0.29) is 0 Å². The van der Waals surface area contributed by atoms with Gasteiger partial charge in [-0.1, -0.05) is 6.92 Å². The lowest BCUT2D eigenvalue weighted by Gasteiger charge is -1.98. The zero-order chi connectivity index (χ0) is 7.56. The first kappa shape index (κ1) is 7.47. The molecule has 0 spiro atoms. The highest BCUT2D eigenvalue weighted by molar-refractivity contribution is 7.71. The van der Waals surface area contributed by atoms with Crippen molar-refractivity contribution in [2.45, 2.75) is 26.8 Å². The summed E-state index contributed by atoms with van der Waals surface area (Å²) >= 11 is 4.98. The van der Waals surface area contributed by atoms with E-state index in [2.05, 4.69) is 17.1 Å². The fraction of sp³-hybridized carbons (Fsp3) is 0.667. The molecular formula is C6H11N3S. The van der Waals surface area contributed by atoms with Gasteiger partial charge in [0.05, 0.1) is 0 Å². The maximum atomic E-state index is 4.98. The van der Waals surface area contributed by atoms with E-state index < -0.39 is 0 Å². The predicted molar refractivity (Wildman–Crippen MR) is 42.4 cm³/mol. The summed E-state index contributed by atoms with van der Waals surface area (Å²) in [6.45, 7) is 5.03. The average molecular weight is 157 g/mol. The second-order valence-corrected chi connectivity index (χ2v) is 2.61. The molecule has 10 heavy (non-hydrogen) atoms. The smallest absolute Gasteiger partial charge is 0.195 e. The van der Waals surface area contributed by atoms with Gasteiger partial charge in [-0.15, -0.1) is 0 Å². The minimum Gasteiger partial charge on any atom is -0.304 e. The van der Waals surface area contributed by atoms with E-state index in [0.717, 1.165) is 23.6 Å². The minimum atomic E-state index is 0.722. The summed E-state index contributed by atoms with van der Waals surface area (Å²) in [5.41, 5.74) is 0. The Balaban J connectivity index is 2.99. The van der Waals surface area contributed by atoms with Crippen LogP contribution in [-0.2, 0) is 6.54 Å². The van der Waals surface area contributed by atoms with Crippen LogP contribution < -0.4 is 0 Å². The first-order valence-corrected chi connectivity index (χ1v) is 3.78. The summed E-state index contributed by atoms with van der Waals surface area (Å²) in [5, 5.41) is 6.72. The van der Waals surface area contributed by atoms with Gasteiger partial charge in [-0.25, -0.2) is 0 Å². The highest BCUT2D eigenvalue weighted by Gasteiger charge is 1.96. The van der Waals surface area contributed by atoms with Gasteiger partial charge in [0.15, 0.2) is 4.77 Å². The molecule has 0 radical (unpaired) electrons. The molecule has 3 nitrogen and oxygen atoms in total. The number of rotatable bonds is 2. The number of hydrogen-bond donors (Lipinski definition) is 1. The zero-order valence-corrected chi connectivity index (χ0v) is 7.03. The van der Waals surface area contributed by atoms with Crippen LogP contribution in [-0.4, -0.2) is 14.8 Å². The molecule has 1 rings (SSSR count). The first-order chi connectivity index (χ1) is 4.75. The quantitative estimate of drug-likeness (QED) is 0.662. The molecule has 0 aliphatic carbocycles. The van der Waals surface area contributed by atoms with Crippen molar-refractivity contribution in [1.82, 2.24) is 14.8 Å². The second-order valence-electron chi connectivity index (χ2n) is 2.23. The lowest BCUT2D eigenvalue weighted by atomic mass is 10.5. The SMILES string of the molecule is CCCn1c(C)n[nH]c1=S. The van der Waals surface area contributed by atoms with E-state index in [0.29, 0.717) is 0 Å². The molecule has 1 aromatic rings. The normalized spacial score (nSPS) is 10.2. The number of nitrogens with one attached hydrogen (secondary N) is 1. The van der Waals surface area contributed by atoms with Crippen molar-refractivity contribution in [1.29, 1.82) is 0 Å². The van der Waals surface area contributed by atoms with Crippen LogP contribution in [0, 0.1) is 11.7 Å². The highest BCUT2D eigenvalue weighted by atomic mass is 32.1.